The highest BCUT2D eigenvalue weighted by Crippen LogP contribution is 2.40. The highest BCUT2D eigenvalue weighted by Gasteiger charge is 2.20. The predicted octanol–water partition coefficient (Wildman–Crippen LogP) is 16.2. The predicted molar refractivity (Wildman–Crippen MR) is 283 cm³/mol. The van der Waals surface area contributed by atoms with E-state index in [0.717, 1.165) is 66.4 Å². The van der Waals surface area contributed by atoms with E-state index in [2.05, 4.69) is 240 Å². The Morgan fingerprint density at radius 3 is 1.53 bits per heavy atom. The number of hydrogen-bond acceptors (Lipinski definition) is 3. The number of aromatic nitrogens is 5. The van der Waals surface area contributed by atoms with Crippen LogP contribution in [-0.2, 0) is 0 Å². The van der Waals surface area contributed by atoms with E-state index in [-0.39, 0.29) is 0 Å². The van der Waals surface area contributed by atoms with E-state index in [9.17, 15) is 0 Å². The summed E-state index contributed by atoms with van der Waals surface area (Å²) in [4.78, 5) is 16.0. The van der Waals surface area contributed by atoms with Crippen molar-refractivity contribution in [3.05, 3.63) is 237 Å². The van der Waals surface area contributed by atoms with Crippen molar-refractivity contribution in [3.63, 3.8) is 0 Å². The Morgan fingerprint density at radius 2 is 0.750 bits per heavy atom. The van der Waals surface area contributed by atoms with Crippen molar-refractivity contribution in [2.45, 2.75) is 0 Å². The Morgan fingerprint density at radius 1 is 0.235 bits per heavy atom. The molecule has 5 heteroatoms. The van der Waals surface area contributed by atoms with Gasteiger partial charge in [-0.25, -0.2) is 15.0 Å². The summed E-state index contributed by atoms with van der Waals surface area (Å²) in [5.41, 5.74) is 11.8. The van der Waals surface area contributed by atoms with Gasteiger partial charge in [0.05, 0.1) is 22.1 Å². The summed E-state index contributed by atoms with van der Waals surface area (Å²) >= 11 is 0. The molecule has 0 spiro atoms. The number of hydrogen-bond donors (Lipinski definition) is 0. The molecule has 0 aliphatic rings. The van der Waals surface area contributed by atoms with Gasteiger partial charge in [-0.05, 0) is 98.0 Å². The number of rotatable bonds is 6. The van der Waals surface area contributed by atoms with Crippen LogP contribution in [-0.4, -0.2) is 24.1 Å². The van der Waals surface area contributed by atoms with Crippen molar-refractivity contribution in [3.8, 4) is 56.7 Å². The van der Waals surface area contributed by atoms with E-state index in [0.29, 0.717) is 17.5 Å². The first-order valence-electron chi connectivity index (χ1n) is 23.1. The molecule has 0 unspecified atom stereocenters. The van der Waals surface area contributed by atoms with Crippen LogP contribution in [0.3, 0.4) is 0 Å². The van der Waals surface area contributed by atoms with Crippen LogP contribution in [0.2, 0.25) is 0 Å². The van der Waals surface area contributed by atoms with E-state index in [1.807, 2.05) is 6.07 Å². The largest absolute Gasteiger partial charge is 0.309 e. The third kappa shape index (κ3) is 6.06. The average molecular weight is 866 g/mol. The Kier molecular flexibility index (Phi) is 8.52. The first kappa shape index (κ1) is 38.1. The molecular formula is C63H39N5. The molecule has 316 valence electrons. The fraction of sp³-hybridized carbons (Fsp3) is 0. The summed E-state index contributed by atoms with van der Waals surface area (Å²) in [7, 11) is 0. The van der Waals surface area contributed by atoms with Crippen LogP contribution in [0.5, 0.6) is 0 Å². The first-order chi connectivity index (χ1) is 33.7. The van der Waals surface area contributed by atoms with Crippen LogP contribution in [0, 0.1) is 0 Å². The zero-order valence-corrected chi connectivity index (χ0v) is 36.8. The van der Waals surface area contributed by atoms with Gasteiger partial charge < -0.3 is 9.13 Å². The SMILES string of the molecule is c1ccc(-c2ccccc2-c2nc(-c3ccc4ccccc4c3)nc(-c3cccc4ccc(-n5c6cc(-n7c8ccccc8c8ccccc87)ccc6c6cc7ccccc7cc65)cc34)n2)cc1. The van der Waals surface area contributed by atoms with Crippen molar-refractivity contribution >= 4 is 75.9 Å². The van der Waals surface area contributed by atoms with Crippen LogP contribution in [0.4, 0.5) is 0 Å². The van der Waals surface area contributed by atoms with Crippen molar-refractivity contribution in [1.82, 2.24) is 24.1 Å². The summed E-state index contributed by atoms with van der Waals surface area (Å²) in [5, 5.41) is 11.8. The Labute approximate surface area is 391 Å². The number of benzene rings is 11. The van der Waals surface area contributed by atoms with Gasteiger partial charge in [0.15, 0.2) is 17.5 Å². The maximum Gasteiger partial charge on any atom is 0.164 e. The lowest BCUT2D eigenvalue weighted by molar-refractivity contribution is 1.08. The van der Waals surface area contributed by atoms with Crippen molar-refractivity contribution < 1.29 is 0 Å². The van der Waals surface area contributed by atoms with E-state index in [4.69, 9.17) is 15.0 Å². The van der Waals surface area contributed by atoms with E-state index in [1.54, 1.807) is 0 Å². The Bertz CT molecular complexity index is 4280. The molecule has 0 aliphatic carbocycles. The maximum atomic E-state index is 5.38. The fourth-order valence-electron chi connectivity index (χ4n) is 10.5. The molecule has 5 nitrogen and oxygen atoms in total. The monoisotopic (exact) mass is 865 g/mol. The molecule has 0 amide bonds. The summed E-state index contributed by atoms with van der Waals surface area (Å²) in [6, 6.07) is 84.8. The molecule has 3 aromatic heterocycles. The molecule has 0 N–H and O–H groups in total. The highest BCUT2D eigenvalue weighted by atomic mass is 15.0. The van der Waals surface area contributed by atoms with Gasteiger partial charge in [0.2, 0.25) is 0 Å². The normalized spacial score (nSPS) is 11.8. The molecule has 3 heterocycles. The Hall–Kier alpha value is -9.19. The molecule has 11 aromatic carbocycles. The van der Waals surface area contributed by atoms with Crippen molar-refractivity contribution in [1.29, 1.82) is 0 Å². The summed E-state index contributed by atoms with van der Waals surface area (Å²) in [5.74, 6) is 1.86. The molecule has 14 rings (SSSR count). The highest BCUT2D eigenvalue weighted by molar-refractivity contribution is 6.15. The lowest BCUT2D eigenvalue weighted by Crippen LogP contribution is -2.02. The van der Waals surface area contributed by atoms with Crippen LogP contribution >= 0.6 is 0 Å². The molecule has 0 bridgehead atoms. The maximum absolute atomic E-state index is 5.38. The smallest absolute Gasteiger partial charge is 0.164 e. The second kappa shape index (κ2) is 15.2. The molecule has 68 heavy (non-hydrogen) atoms. The topological polar surface area (TPSA) is 48.5 Å². The molecule has 0 fully saturated rings. The zero-order valence-electron chi connectivity index (χ0n) is 36.8. The van der Waals surface area contributed by atoms with Gasteiger partial charge in [0.25, 0.3) is 0 Å². The summed E-state index contributed by atoms with van der Waals surface area (Å²) in [6.07, 6.45) is 0. The van der Waals surface area contributed by atoms with Gasteiger partial charge in [-0.2, -0.15) is 0 Å². The quantitative estimate of drug-likeness (QED) is 0.167. The van der Waals surface area contributed by atoms with Crippen LogP contribution in [0.1, 0.15) is 0 Å². The standard InChI is InChI=1S/C63H39N5/c1-2-16-41(17-3-1)49-22-8-9-25-53(49)62-64-61(46-30-29-40-15-4-5-18-43(40)35-46)65-63(66-62)54-26-14-21-42-31-32-47(38-55(42)54)68-59-37-45-20-7-6-19-44(45)36-56(59)52-34-33-48(39-60(52)68)67-57-27-12-10-23-50(57)51-24-11-13-28-58(51)67/h1-39H. The minimum absolute atomic E-state index is 0.616. The van der Waals surface area contributed by atoms with Gasteiger partial charge in [0, 0.05) is 49.6 Å². The molecule has 0 saturated carbocycles. The van der Waals surface area contributed by atoms with Gasteiger partial charge in [-0.15, -0.1) is 0 Å². The van der Waals surface area contributed by atoms with E-state index >= 15 is 0 Å². The van der Waals surface area contributed by atoms with Gasteiger partial charge >= 0.3 is 0 Å². The molecule has 14 aromatic rings. The zero-order chi connectivity index (χ0) is 44.7. The number of nitrogens with zero attached hydrogens (tertiary/aromatic N) is 5. The Balaban J connectivity index is 1.01. The van der Waals surface area contributed by atoms with Crippen molar-refractivity contribution in [2.75, 3.05) is 0 Å². The minimum atomic E-state index is 0.616. The third-order valence-electron chi connectivity index (χ3n) is 13.7. The molecule has 0 radical (unpaired) electrons. The van der Waals surface area contributed by atoms with Crippen LogP contribution in [0.25, 0.3) is 133 Å². The van der Waals surface area contributed by atoms with Crippen LogP contribution in [0.15, 0.2) is 237 Å². The molecule has 0 saturated heterocycles. The van der Waals surface area contributed by atoms with Gasteiger partial charge in [0.1, 0.15) is 0 Å². The average Bonchev–Trinajstić information content (AvgIpc) is 3.91. The van der Waals surface area contributed by atoms with E-state index < -0.39 is 0 Å². The second-order valence-electron chi connectivity index (χ2n) is 17.6. The number of fused-ring (bicyclic) bond motifs is 9. The molecule has 0 atom stereocenters. The van der Waals surface area contributed by atoms with Gasteiger partial charge in [-0.3, -0.25) is 0 Å². The number of para-hydroxylation sites is 2. The second-order valence-corrected chi connectivity index (χ2v) is 17.6. The van der Waals surface area contributed by atoms with E-state index in [1.165, 1.54) is 48.7 Å². The van der Waals surface area contributed by atoms with Crippen molar-refractivity contribution in [2.24, 2.45) is 0 Å². The lowest BCUT2D eigenvalue weighted by atomic mass is 9.99. The third-order valence-corrected chi connectivity index (χ3v) is 13.7. The minimum Gasteiger partial charge on any atom is -0.309 e. The molecular weight excluding hydrogens is 827 g/mol. The summed E-state index contributed by atoms with van der Waals surface area (Å²) < 4.78 is 4.85. The molecule has 0 aliphatic heterocycles. The van der Waals surface area contributed by atoms with Crippen LogP contribution < -0.4 is 0 Å². The van der Waals surface area contributed by atoms with Gasteiger partial charge in [-0.1, -0.05) is 182 Å². The first-order valence-corrected chi connectivity index (χ1v) is 23.1. The summed E-state index contributed by atoms with van der Waals surface area (Å²) in [6.45, 7) is 0. The fourth-order valence-corrected chi connectivity index (χ4v) is 10.5. The lowest BCUT2D eigenvalue weighted by Gasteiger charge is -2.15.